The van der Waals surface area contributed by atoms with Crippen LogP contribution in [0.1, 0.15) is 12.0 Å². The van der Waals surface area contributed by atoms with Crippen molar-refractivity contribution in [3.05, 3.63) is 23.8 Å². The second-order valence-electron chi connectivity index (χ2n) is 3.43. The second-order valence-corrected chi connectivity index (χ2v) is 5.32. The Bertz CT molecular complexity index is 468. The van der Waals surface area contributed by atoms with Crippen LogP contribution in [0.3, 0.4) is 0 Å². The van der Waals surface area contributed by atoms with Gasteiger partial charge in [-0.3, -0.25) is 0 Å². The van der Waals surface area contributed by atoms with Crippen molar-refractivity contribution in [3.63, 3.8) is 0 Å². The predicted octanol–water partition coefficient (Wildman–Crippen LogP) is 0.920. The van der Waals surface area contributed by atoms with Gasteiger partial charge in [-0.1, -0.05) is 0 Å². The monoisotopic (exact) mass is 227 g/mol. The molecule has 0 amide bonds. The van der Waals surface area contributed by atoms with Crippen LogP contribution in [-0.4, -0.2) is 22.1 Å². The molecule has 0 saturated heterocycles. The van der Waals surface area contributed by atoms with Gasteiger partial charge in [-0.25, -0.2) is 13.1 Å². The fraction of sp³-hybridized carbons (Fsp3) is 0.400. The zero-order valence-corrected chi connectivity index (χ0v) is 9.30. The van der Waals surface area contributed by atoms with Crippen molar-refractivity contribution in [1.82, 2.24) is 4.72 Å². The zero-order chi connectivity index (χ0) is 10.9. The van der Waals surface area contributed by atoms with Crippen LogP contribution in [-0.2, 0) is 16.4 Å². The molecule has 0 atom stereocenters. The molecule has 0 unspecified atom stereocenters. The van der Waals surface area contributed by atoms with Crippen LogP contribution in [0.5, 0.6) is 5.75 Å². The lowest BCUT2D eigenvalue weighted by Gasteiger charge is -2.17. The van der Waals surface area contributed by atoms with Crippen molar-refractivity contribution in [1.29, 1.82) is 0 Å². The van der Waals surface area contributed by atoms with Gasteiger partial charge in [-0.05, 0) is 43.7 Å². The van der Waals surface area contributed by atoms with Crippen LogP contribution in [0, 0.1) is 0 Å². The first kappa shape index (κ1) is 10.4. The Morgan fingerprint density at radius 1 is 1.40 bits per heavy atom. The minimum atomic E-state index is -3.34. The molecule has 5 heteroatoms. The molecular formula is C10H13NO3S. The van der Waals surface area contributed by atoms with Crippen LogP contribution < -0.4 is 9.46 Å². The largest absolute Gasteiger partial charge is 0.493 e. The summed E-state index contributed by atoms with van der Waals surface area (Å²) in [5.41, 5.74) is 0.970. The number of fused-ring (bicyclic) bond motifs is 1. The second kappa shape index (κ2) is 3.83. The molecule has 1 aromatic carbocycles. The molecule has 1 aliphatic rings. The van der Waals surface area contributed by atoms with E-state index in [9.17, 15) is 8.42 Å². The highest BCUT2D eigenvalue weighted by Crippen LogP contribution is 2.26. The summed E-state index contributed by atoms with van der Waals surface area (Å²) >= 11 is 0. The van der Waals surface area contributed by atoms with E-state index in [1.54, 1.807) is 18.2 Å². The van der Waals surface area contributed by atoms with Crippen molar-refractivity contribution in [2.75, 3.05) is 13.7 Å². The summed E-state index contributed by atoms with van der Waals surface area (Å²) in [7, 11) is -1.93. The molecule has 1 heterocycles. The van der Waals surface area contributed by atoms with Crippen molar-refractivity contribution in [2.24, 2.45) is 0 Å². The number of benzene rings is 1. The van der Waals surface area contributed by atoms with Crippen LogP contribution in [0.4, 0.5) is 0 Å². The molecule has 0 aromatic heterocycles. The Balaban J connectivity index is 2.45. The van der Waals surface area contributed by atoms with Gasteiger partial charge < -0.3 is 4.74 Å². The maximum atomic E-state index is 11.5. The minimum absolute atomic E-state index is 0.300. The number of rotatable bonds is 2. The fourth-order valence-corrected chi connectivity index (χ4v) is 2.40. The quantitative estimate of drug-likeness (QED) is 0.817. The van der Waals surface area contributed by atoms with Crippen LogP contribution in [0.2, 0.25) is 0 Å². The lowest BCUT2D eigenvalue weighted by atomic mass is 10.1. The fourth-order valence-electron chi connectivity index (χ4n) is 1.62. The smallest absolute Gasteiger partial charge is 0.240 e. The molecule has 0 radical (unpaired) electrons. The van der Waals surface area contributed by atoms with E-state index in [4.69, 9.17) is 4.74 Å². The summed E-state index contributed by atoms with van der Waals surface area (Å²) < 4.78 is 30.8. The first-order chi connectivity index (χ1) is 7.13. The van der Waals surface area contributed by atoms with Gasteiger partial charge in [0, 0.05) is 0 Å². The van der Waals surface area contributed by atoms with E-state index in [2.05, 4.69) is 4.72 Å². The van der Waals surface area contributed by atoms with Gasteiger partial charge >= 0.3 is 0 Å². The van der Waals surface area contributed by atoms with Crippen molar-refractivity contribution in [2.45, 2.75) is 17.7 Å². The molecule has 0 spiro atoms. The highest BCUT2D eigenvalue weighted by molar-refractivity contribution is 7.89. The van der Waals surface area contributed by atoms with Crippen molar-refractivity contribution >= 4 is 10.0 Å². The van der Waals surface area contributed by atoms with Crippen LogP contribution >= 0.6 is 0 Å². The minimum Gasteiger partial charge on any atom is -0.493 e. The highest BCUT2D eigenvalue weighted by Gasteiger charge is 2.16. The van der Waals surface area contributed by atoms with E-state index < -0.39 is 10.0 Å². The normalized spacial score (nSPS) is 15.5. The molecule has 0 saturated carbocycles. The first-order valence-electron chi connectivity index (χ1n) is 4.83. The number of hydrogen-bond donors (Lipinski definition) is 1. The SMILES string of the molecule is CNS(=O)(=O)c1ccc2c(c1)CCCO2. The summed E-state index contributed by atoms with van der Waals surface area (Å²) in [6.07, 6.45) is 1.82. The number of nitrogens with one attached hydrogen (secondary N) is 1. The van der Waals surface area contributed by atoms with Gasteiger partial charge in [0.25, 0.3) is 0 Å². The van der Waals surface area contributed by atoms with Crippen molar-refractivity contribution < 1.29 is 13.2 Å². The van der Waals surface area contributed by atoms with E-state index >= 15 is 0 Å². The van der Waals surface area contributed by atoms with E-state index in [1.807, 2.05) is 0 Å². The van der Waals surface area contributed by atoms with Crippen molar-refractivity contribution in [3.8, 4) is 5.75 Å². The summed E-state index contributed by atoms with van der Waals surface area (Å²) in [5, 5.41) is 0. The summed E-state index contributed by atoms with van der Waals surface area (Å²) in [4.78, 5) is 0.300. The zero-order valence-electron chi connectivity index (χ0n) is 8.49. The third kappa shape index (κ3) is 1.98. The number of aryl methyl sites for hydroxylation is 1. The van der Waals surface area contributed by atoms with Gasteiger partial charge in [0.05, 0.1) is 11.5 Å². The van der Waals surface area contributed by atoms with E-state index in [0.717, 1.165) is 24.2 Å². The molecule has 82 valence electrons. The topological polar surface area (TPSA) is 55.4 Å². The Morgan fingerprint density at radius 2 is 2.20 bits per heavy atom. The Labute approximate surface area is 89.3 Å². The molecule has 2 rings (SSSR count). The highest BCUT2D eigenvalue weighted by atomic mass is 32.2. The van der Waals surface area contributed by atoms with E-state index in [-0.39, 0.29) is 0 Å². The number of hydrogen-bond acceptors (Lipinski definition) is 3. The summed E-state index contributed by atoms with van der Waals surface area (Å²) in [6, 6.07) is 4.97. The molecule has 1 aliphatic heterocycles. The molecule has 0 aliphatic carbocycles. The molecule has 1 aromatic rings. The molecule has 4 nitrogen and oxygen atoms in total. The molecule has 15 heavy (non-hydrogen) atoms. The summed E-state index contributed by atoms with van der Waals surface area (Å²) in [5.74, 6) is 0.802. The van der Waals surface area contributed by atoms with Gasteiger partial charge in [0.15, 0.2) is 0 Å². The van der Waals surface area contributed by atoms with Crippen LogP contribution in [0.15, 0.2) is 23.1 Å². The van der Waals surface area contributed by atoms with Gasteiger partial charge in [-0.15, -0.1) is 0 Å². The van der Waals surface area contributed by atoms with Crippen LogP contribution in [0.25, 0.3) is 0 Å². The van der Waals surface area contributed by atoms with E-state index in [0.29, 0.717) is 11.5 Å². The number of sulfonamides is 1. The molecule has 0 bridgehead atoms. The Hall–Kier alpha value is -1.07. The maximum Gasteiger partial charge on any atom is 0.240 e. The average molecular weight is 227 g/mol. The third-order valence-corrected chi connectivity index (χ3v) is 3.87. The molecular weight excluding hydrogens is 214 g/mol. The lowest BCUT2D eigenvalue weighted by molar-refractivity contribution is 0.288. The van der Waals surface area contributed by atoms with Gasteiger partial charge in [0.1, 0.15) is 5.75 Å². The Morgan fingerprint density at radius 3 is 2.93 bits per heavy atom. The van der Waals surface area contributed by atoms with E-state index in [1.165, 1.54) is 7.05 Å². The van der Waals surface area contributed by atoms with Gasteiger partial charge in [0.2, 0.25) is 10.0 Å². The third-order valence-electron chi connectivity index (χ3n) is 2.46. The average Bonchev–Trinajstić information content (AvgIpc) is 2.28. The number of ether oxygens (including phenoxy) is 1. The lowest BCUT2D eigenvalue weighted by Crippen LogP contribution is -2.19. The van der Waals surface area contributed by atoms with Gasteiger partial charge in [-0.2, -0.15) is 0 Å². The molecule has 1 N–H and O–H groups in total. The molecule has 0 fully saturated rings. The maximum absolute atomic E-state index is 11.5. The first-order valence-corrected chi connectivity index (χ1v) is 6.31. The predicted molar refractivity (Wildman–Crippen MR) is 56.5 cm³/mol. The summed E-state index contributed by atoms with van der Waals surface area (Å²) in [6.45, 7) is 0.713. The Kier molecular flexibility index (Phi) is 2.67. The standard InChI is InChI=1S/C10H13NO3S/c1-11-15(12,13)9-4-5-10-8(7-9)3-2-6-14-10/h4-5,7,11H,2-3,6H2,1H3.